The molecule has 2 heterocycles. The molecule has 1 saturated heterocycles. The molecule has 130 valence electrons. The van der Waals surface area contributed by atoms with Gasteiger partial charge in [0, 0.05) is 18.7 Å². The fourth-order valence-corrected chi connectivity index (χ4v) is 3.04. The molecular formula is C20H23N3O2. The van der Waals surface area contributed by atoms with Crippen molar-refractivity contribution >= 4 is 11.6 Å². The molecule has 0 radical (unpaired) electrons. The first-order valence-corrected chi connectivity index (χ1v) is 8.83. The lowest BCUT2D eigenvalue weighted by Crippen LogP contribution is -2.26. The number of guanidine groups is 1. The van der Waals surface area contributed by atoms with E-state index in [9.17, 15) is 0 Å². The number of anilines is 1. The van der Waals surface area contributed by atoms with Crippen molar-refractivity contribution in [3.63, 3.8) is 0 Å². The van der Waals surface area contributed by atoms with Crippen LogP contribution < -0.4 is 15.4 Å². The van der Waals surface area contributed by atoms with E-state index in [0.717, 1.165) is 49.9 Å². The first-order chi connectivity index (χ1) is 12.3. The van der Waals surface area contributed by atoms with Crippen molar-refractivity contribution in [3.8, 4) is 5.75 Å². The molecule has 0 bridgehead atoms. The second-order valence-electron chi connectivity index (χ2n) is 6.40. The van der Waals surface area contributed by atoms with Gasteiger partial charge in [-0.2, -0.15) is 0 Å². The molecule has 25 heavy (non-hydrogen) atoms. The minimum Gasteiger partial charge on any atom is -0.488 e. The minimum atomic E-state index is 0.199. The number of hydrogen-bond donors (Lipinski definition) is 2. The highest BCUT2D eigenvalue weighted by molar-refractivity contribution is 5.94. The summed E-state index contributed by atoms with van der Waals surface area (Å²) in [6, 6.07) is 16.9. The summed E-state index contributed by atoms with van der Waals surface area (Å²) in [6.07, 6.45) is 2.08. The van der Waals surface area contributed by atoms with Gasteiger partial charge in [0.05, 0.1) is 19.8 Å². The van der Waals surface area contributed by atoms with Gasteiger partial charge in [-0.15, -0.1) is 0 Å². The van der Waals surface area contributed by atoms with E-state index in [-0.39, 0.29) is 6.10 Å². The Morgan fingerprint density at radius 1 is 1.08 bits per heavy atom. The summed E-state index contributed by atoms with van der Waals surface area (Å²) in [5.41, 5.74) is 3.61. The maximum atomic E-state index is 5.91. The van der Waals surface area contributed by atoms with Crippen LogP contribution in [0.4, 0.5) is 5.69 Å². The summed E-state index contributed by atoms with van der Waals surface area (Å²) in [5, 5.41) is 6.50. The molecule has 4 rings (SSSR count). The van der Waals surface area contributed by atoms with Gasteiger partial charge in [0.15, 0.2) is 5.96 Å². The van der Waals surface area contributed by atoms with E-state index in [2.05, 4.69) is 52.0 Å². The largest absolute Gasteiger partial charge is 0.488 e. The van der Waals surface area contributed by atoms with Crippen molar-refractivity contribution in [2.45, 2.75) is 18.9 Å². The van der Waals surface area contributed by atoms with E-state index in [0.29, 0.717) is 6.61 Å². The number of nitrogens with one attached hydrogen (secondary N) is 2. The van der Waals surface area contributed by atoms with Gasteiger partial charge in [-0.3, -0.25) is 4.99 Å². The predicted octanol–water partition coefficient (Wildman–Crippen LogP) is 2.82. The van der Waals surface area contributed by atoms with Crippen LogP contribution in [0.2, 0.25) is 0 Å². The summed E-state index contributed by atoms with van der Waals surface area (Å²) in [7, 11) is 0. The summed E-state index contributed by atoms with van der Waals surface area (Å²) in [5.74, 6) is 1.78. The van der Waals surface area contributed by atoms with E-state index < -0.39 is 0 Å². The SMILES string of the molecule is c1cc(NC2=NCCN2)ccc1Cc1ccc(OC2CCOC2)cc1. The third-order valence-electron chi connectivity index (χ3n) is 4.41. The second-order valence-corrected chi connectivity index (χ2v) is 6.40. The zero-order chi connectivity index (χ0) is 16.9. The molecule has 0 amide bonds. The number of rotatable bonds is 5. The Hall–Kier alpha value is -2.53. The van der Waals surface area contributed by atoms with E-state index in [1.54, 1.807) is 0 Å². The molecule has 1 atom stereocenters. The zero-order valence-corrected chi connectivity index (χ0v) is 14.2. The van der Waals surface area contributed by atoms with Crippen molar-refractivity contribution in [1.29, 1.82) is 0 Å². The third-order valence-corrected chi connectivity index (χ3v) is 4.41. The number of nitrogens with zero attached hydrogens (tertiary/aromatic N) is 1. The summed E-state index contributed by atoms with van der Waals surface area (Å²) in [4.78, 5) is 4.34. The molecule has 5 nitrogen and oxygen atoms in total. The summed E-state index contributed by atoms with van der Waals surface area (Å²) in [6.45, 7) is 3.25. The fraction of sp³-hybridized carbons (Fsp3) is 0.350. The molecule has 2 N–H and O–H groups in total. The Kier molecular flexibility index (Phi) is 4.84. The highest BCUT2D eigenvalue weighted by Gasteiger charge is 2.16. The maximum Gasteiger partial charge on any atom is 0.195 e. The van der Waals surface area contributed by atoms with Crippen molar-refractivity contribution in [2.75, 3.05) is 31.6 Å². The molecule has 0 spiro atoms. The van der Waals surface area contributed by atoms with Gasteiger partial charge in [0.25, 0.3) is 0 Å². The molecule has 5 heteroatoms. The van der Waals surface area contributed by atoms with E-state index in [1.807, 2.05) is 12.1 Å². The lowest BCUT2D eigenvalue weighted by atomic mass is 10.0. The van der Waals surface area contributed by atoms with Crippen LogP contribution in [-0.2, 0) is 11.2 Å². The van der Waals surface area contributed by atoms with Crippen LogP contribution in [0.1, 0.15) is 17.5 Å². The summed E-state index contributed by atoms with van der Waals surface area (Å²) < 4.78 is 11.3. The monoisotopic (exact) mass is 337 g/mol. The number of aliphatic imine (C=N–C) groups is 1. The normalized spacial score (nSPS) is 19.4. The molecule has 0 aliphatic carbocycles. The molecule has 2 aromatic rings. The van der Waals surface area contributed by atoms with Crippen LogP contribution in [0, 0.1) is 0 Å². The van der Waals surface area contributed by atoms with Crippen molar-refractivity contribution in [3.05, 3.63) is 59.7 Å². The smallest absolute Gasteiger partial charge is 0.195 e. The van der Waals surface area contributed by atoms with Crippen molar-refractivity contribution < 1.29 is 9.47 Å². The predicted molar refractivity (Wildman–Crippen MR) is 99.5 cm³/mol. The first-order valence-electron chi connectivity index (χ1n) is 8.83. The molecule has 2 aromatic carbocycles. The molecule has 2 aliphatic rings. The van der Waals surface area contributed by atoms with Gasteiger partial charge in [0.2, 0.25) is 0 Å². The maximum absolute atomic E-state index is 5.91. The first kappa shape index (κ1) is 16.0. The molecule has 1 fully saturated rings. The standard InChI is InChI=1S/C20H23N3O2/c1-5-17(23-20-21-10-11-22-20)6-2-15(1)13-16-3-7-18(8-4-16)25-19-9-12-24-14-19/h1-8,19H,9-14H2,(H2,21,22,23). The Morgan fingerprint density at radius 3 is 2.48 bits per heavy atom. The van der Waals surface area contributed by atoms with Gasteiger partial charge in [-0.05, 0) is 41.8 Å². The Morgan fingerprint density at radius 2 is 1.84 bits per heavy atom. The fourth-order valence-electron chi connectivity index (χ4n) is 3.04. The van der Waals surface area contributed by atoms with Crippen LogP contribution in [0.3, 0.4) is 0 Å². The molecule has 1 unspecified atom stereocenters. The number of benzene rings is 2. The van der Waals surface area contributed by atoms with E-state index >= 15 is 0 Å². The Labute approximate surface area is 148 Å². The van der Waals surface area contributed by atoms with Gasteiger partial charge in [-0.1, -0.05) is 24.3 Å². The van der Waals surface area contributed by atoms with Crippen LogP contribution in [0.15, 0.2) is 53.5 Å². The van der Waals surface area contributed by atoms with Gasteiger partial charge >= 0.3 is 0 Å². The van der Waals surface area contributed by atoms with E-state index in [4.69, 9.17) is 9.47 Å². The zero-order valence-electron chi connectivity index (χ0n) is 14.2. The van der Waals surface area contributed by atoms with Gasteiger partial charge in [-0.25, -0.2) is 0 Å². The van der Waals surface area contributed by atoms with Crippen LogP contribution >= 0.6 is 0 Å². The lowest BCUT2D eigenvalue weighted by molar-refractivity contribution is 0.141. The topological polar surface area (TPSA) is 54.9 Å². The van der Waals surface area contributed by atoms with E-state index in [1.165, 1.54) is 11.1 Å². The highest BCUT2D eigenvalue weighted by Crippen LogP contribution is 2.20. The third kappa shape index (κ3) is 4.31. The Balaban J connectivity index is 1.33. The Bertz CT molecular complexity index is 720. The highest BCUT2D eigenvalue weighted by atomic mass is 16.5. The van der Waals surface area contributed by atoms with Gasteiger partial charge < -0.3 is 20.1 Å². The van der Waals surface area contributed by atoms with Crippen molar-refractivity contribution in [2.24, 2.45) is 4.99 Å². The van der Waals surface area contributed by atoms with Gasteiger partial charge in [0.1, 0.15) is 11.9 Å². The minimum absolute atomic E-state index is 0.199. The van der Waals surface area contributed by atoms with Crippen molar-refractivity contribution in [1.82, 2.24) is 5.32 Å². The van der Waals surface area contributed by atoms with Crippen LogP contribution in [0.5, 0.6) is 5.75 Å². The van der Waals surface area contributed by atoms with Crippen LogP contribution in [-0.4, -0.2) is 38.4 Å². The molecular weight excluding hydrogens is 314 g/mol. The quantitative estimate of drug-likeness (QED) is 0.881. The average molecular weight is 337 g/mol. The van der Waals surface area contributed by atoms with Crippen LogP contribution in [0.25, 0.3) is 0 Å². The molecule has 0 saturated carbocycles. The number of hydrogen-bond acceptors (Lipinski definition) is 5. The molecule has 0 aromatic heterocycles. The lowest BCUT2D eigenvalue weighted by Gasteiger charge is -2.12. The average Bonchev–Trinajstić information content (AvgIpc) is 3.33. The second kappa shape index (κ2) is 7.57. The number of ether oxygens (including phenoxy) is 2. The summed E-state index contributed by atoms with van der Waals surface area (Å²) >= 11 is 0. The molecule has 2 aliphatic heterocycles.